The molecular formula is C17H15N3O. The largest absolute Gasteiger partial charge is 0.330 e. The molecular weight excluding hydrogens is 262 g/mol. The van der Waals surface area contributed by atoms with Gasteiger partial charge in [-0.05, 0) is 30.2 Å². The van der Waals surface area contributed by atoms with Crippen LogP contribution in [0, 0.1) is 11.3 Å². The number of rotatable bonds is 4. The van der Waals surface area contributed by atoms with E-state index in [0.717, 1.165) is 16.7 Å². The minimum absolute atomic E-state index is 0.296. The molecule has 1 aromatic heterocycles. The van der Waals surface area contributed by atoms with Crippen molar-refractivity contribution in [1.82, 2.24) is 4.98 Å². The summed E-state index contributed by atoms with van der Waals surface area (Å²) in [6.45, 7) is 6.04. The molecule has 1 amide bonds. The Bertz CT molecular complexity index is 701. The zero-order valence-corrected chi connectivity index (χ0v) is 11.8. The van der Waals surface area contributed by atoms with E-state index in [1.54, 1.807) is 18.3 Å². The first-order valence-electron chi connectivity index (χ1n) is 6.50. The first kappa shape index (κ1) is 14.5. The molecule has 4 nitrogen and oxygen atoms in total. The van der Waals surface area contributed by atoms with Gasteiger partial charge in [0.25, 0.3) is 0 Å². The quantitative estimate of drug-likeness (QED) is 0.806. The number of hydrogen-bond acceptors (Lipinski definition) is 3. The summed E-state index contributed by atoms with van der Waals surface area (Å²) >= 11 is 0. The maximum absolute atomic E-state index is 12.0. The van der Waals surface area contributed by atoms with Crippen LogP contribution in [0.15, 0.2) is 55.2 Å². The van der Waals surface area contributed by atoms with E-state index >= 15 is 0 Å². The smallest absolute Gasteiger partial charge is 0.279 e. The predicted octanol–water partition coefficient (Wildman–Crippen LogP) is 3.17. The van der Waals surface area contributed by atoms with Crippen LogP contribution >= 0.6 is 0 Å². The summed E-state index contributed by atoms with van der Waals surface area (Å²) in [6.07, 6.45) is 1.60. The maximum Gasteiger partial charge on any atom is 0.330 e. The number of nitrogens with zero attached hydrogens (tertiary/aromatic N) is 3. The molecule has 0 unspecified atom stereocenters. The van der Waals surface area contributed by atoms with Crippen molar-refractivity contribution < 1.29 is 4.79 Å². The van der Waals surface area contributed by atoms with Gasteiger partial charge in [-0.15, -0.1) is 0 Å². The van der Waals surface area contributed by atoms with Gasteiger partial charge in [0.2, 0.25) is 0 Å². The molecule has 0 aliphatic carbocycles. The molecule has 104 valence electrons. The number of allylic oxidation sites excluding steroid dienone is 1. The monoisotopic (exact) mass is 277 g/mol. The molecule has 21 heavy (non-hydrogen) atoms. The van der Waals surface area contributed by atoms with Gasteiger partial charge in [0.1, 0.15) is 5.82 Å². The highest BCUT2D eigenvalue weighted by Gasteiger charge is 2.20. The van der Waals surface area contributed by atoms with Crippen LogP contribution in [-0.4, -0.2) is 10.9 Å². The highest BCUT2D eigenvalue weighted by molar-refractivity contribution is 6.04. The van der Waals surface area contributed by atoms with Gasteiger partial charge in [0.15, 0.2) is 6.07 Å². The van der Waals surface area contributed by atoms with Crippen LogP contribution in [0.3, 0.4) is 0 Å². The first-order valence-corrected chi connectivity index (χ1v) is 6.50. The average molecular weight is 277 g/mol. The van der Waals surface area contributed by atoms with Crippen molar-refractivity contribution in [3.8, 4) is 6.07 Å². The van der Waals surface area contributed by atoms with Gasteiger partial charge in [-0.1, -0.05) is 36.9 Å². The predicted molar refractivity (Wildman–Crippen MR) is 82.2 cm³/mol. The normalized spacial score (nSPS) is 9.71. The Morgan fingerprint density at radius 2 is 2.00 bits per heavy atom. The molecule has 0 radical (unpaired) electrons. The number of aromatic nitrogens is 1. The van der Waals surface area contributed by atoms with Crippen molar-refractivity contribution in [2.45, 2.75) is 13.5 Å². The second-order valence-corrected chi connectivity index (χ2v) is 4.64. The summed E-state index contributed by atoms with van der Waals surface area (Å²) in [5.74, 6) is -0.180. The zero-order valence-electron chi connectivity index (χ0n) is 11.8. The molecule has 0 bridgehead atoms. The zero-order chi connectivity index (χ0) is 15.2. The van der Waals surface area contributed by atoms with Crippen LogP contribution in [-0.2, 0) is 11.3 Å². The highest BCUT2D eigenvalue weighted by atomic mass is 16.2. The summed E-state index contributed by atoms with van der Waals surface area (Å²) < 4.78 is 0. The molecule has 0 atom stereocenters. The van der Waals surface area contributed by atoms with E-state index in [2.05, 4.69) is 11.6 Å². The Balaban J connectivity index is 2.45. The van der Waals surface area contributed by atoms with Crippen LogP contribution in [0.5, 0.6) is 0 Å². The second-order valence-electron chi connectivity index (χ2n) is 4.64. The van der Waals surface area contributed by atoms with Gasteiger partial charge in [0.05, 0.1) is 6.54 Å². The van der Waals surface area contributed by atoms with Crippen LogP contribution in [0.25, 0.3) is 5.57 Å². The van der Waals surface area contributed by atoms with Crippen LogP contribution in [0.4, 0.5) is 5.82 Å². The van der Waals surface area contributed by atoms with E-state index in [1.165, 1.54) is 4.90 Å². The van der Waals surface area contributed by atoms with Gasteiger partial charge in [-0.3, -0.25) is 9.69 Å². The van der Waals surface area contributed by atoms with Gasteiger partial charge < -0.3 is 0 Å². The number of nitriles is 1. The molecule has 0 saturated heterocycles. The Labute approximate surface area is 124 Å². The van der Waals surface area contributed by atoms with Crippen molar-refractivity contribution in [2.75, 3.05) is 4.90 Å². The molecule has 1 heterocycles. The van der Waals surface area contributed by atoms with Gasteiger partial charge >= 0.3 is 5.91 Å². The minimum Gasteiger partial charge on any atom is -0.279 e. The Morgan fingerprint density at radius 3 is 2.62 bits per heavy atom. The van der Waals surface area contributed by atoms with E-state index in [9.17, 15) is 4.79 Å². The second kappa shape index (κ2) is 6.49. The molecule has 0 fully saturated rings. The number of amides is 1. The van der Waals surface area contributed by atoms with Crippen molar-refractivity contribution >= 4 is 17.3 Å². The first-order chi connectivity index (χ1) is 10.1. The number of anilines is 1. The number of carbonyl (C=O) groups is 1. The molecule has 2 aromatic rings. The van der Waals surface area contributed by atoms with Gasteiger partial charge in [-0.25, -0.2) is 4.98 Å². The fourth-order valence-electron chi connectivity index (χ4n) is 2.01. The standard InChI is InChI=1S/C17H15N3O/c1-13(2)15-9-6-10-19-17(15)20(16(21)11-18)12-14-7-4-3-5-8-14/h3-10H,1,12H2,2H3. The molecule has 2 rings (SSSR count). The molecule has 0 saturated carbocycles. The topological polar surface area (TPSA) is 57.0 Å². The Morgan fingerprint density at radius 1 is 1.29 bits per heavy atom. The fourth-order valence-corrected chi connectivity index (χ4v) is 2.01. The molecule has 0 aliphatic heterocycles. The van der Waals surface area contributed by atoms with Crippen molar-refractivity contribution in [3.63, 3.8) is 0 Å². The highest BCUT2D eigenvalue weighted by Crippen LogP contribution is 2.25. The molecule has 4 heteroatoms. The minimum atomic E-state index is -0.639. The lowest BCUT2D eigenvalue weighted by atomic mass is 10.1. The molecule has 0 spiro atoms. The summed E-state index contributed by atoms with van der Waals surface area (Å²) in [5.41, 5.74) is 2.48. The number of benzene rings is 1. The Kier molecular flexibility index (Phi) is 4.47. The van der Waals surface area contributed by atoms with E-state index < -0.39 is 5.91 Å². The maximum atomic E-state index is 12.0. The van der Waals surface area contributed by atoms with Crippen molar-refractivity contribution in [2.24, 2.45) is 0 Å². The van der Waals surface area contributed by atoms with E-state index in [1.807, 2.05) is 43.3 Å². The van der Waals surface area contributed by atoms with Crippen LogP contribution in [0.1, 0.15) is 18.1 Å². The lowest BCUT2D eigenvalue weighted by molar-refractivity contribution is -0.113. The molecule has 1 aromatic carbocycles. The van der Waals surface area contributed by atoms with Crippen molar-refractivity contribution in [3.05, 3.63) is 66.4 Å². The Hall–Kier alpha value is -2.93. The van der Waals surface area contributed by atoms with Crippen LogP contribution in [0.2, 0.25) is 0 Å². The number of hydrogen-bond donors (Lipinski definition) is 0. The van der Waals surface area contributed by atoms with Gasteiger partial charge in [-0.2, -0.15) is 5.26 Å². The molecule has 0 N–H and O–H groups in total. The van der Waals surface area contributed by atoms with Gasteiger partial charge in [0, 0.05) is 11.8 Å². The van der Waals surface area contributed by atoms with E-state index in [4.69, 9.17) is 5.26 Å². The SMILES string of the molecule is C=C(C)c1cccnc1N(Cc1ccccc1)C(=O)C#N. The van der Waals surface area contributed by atoms with E-state index in [-0.39, 0.29) is 0 Å². The lowest BCUT2D eigenvalue weighted by Gasteiger charge is -2.21. The summed E-state index contributed by atoms with van der Waals surface area (Å²) in [7, 11) is 0. The average Bonchev–Trinajstić information content (AvgIpc) is 2.53. The number of pyridine rings is 1. The van der Waals surface area contributed by atoms with Crippen LogP contribution < -0.4 is 4.90 Å². The lowest BCUT2D eigenvalue weighted by Crippen LogP contribution is -2.30. The number of carbonyl (C=O) groups excluding carboxylic acids is 1. The summed E-state index contributed by atoms with van der Waals surface area (Å²) in [5, 5.41) is 8.98. The third kappa shape index (κ3) is 3.34. The van der Waals surface area contributed by atoms with E-state index in [0.29, 0.717) is 12.4 Å². The van der Waals surface area contributed by atoms with Crippen molar-refractivity contribution in [1.29, 1.82) is 5.26 Å². The molecule has 0 aliphatic rings. The third-order valence-corrected chi connectivity index (χ3v) is 3.03. The summed E-state index contributed by atoms with van der Waals surface area (Å²) in [6, 6.07) is 14.8. The summed E-state index contributed by atoms with van der Waals surface area (Å²) in [4.78, 5) is 17.6. The third-order valence-electron chi connectivity index (χ3n) is 3.03. The fraction of sp³-hybridized carbons (Fsp3) is 0.118.